The summed E-state index contributed by atoms with van der Waals surface area (Å²) in [5.41, 5.74) is 8.20. The van der Waals surface area contributed by atoms with Gasteiger partial charge >= 0.3 is 0 Å². The van der Waals surface area contributed by atoms with E-state index in [4.69, 9.17) is 5.73 Å². The Morgan fingerprint density at radius 1 is 1.47 bits per heavy atom. The smallest absolute Gasteiger partial charge is 0.221 e. The minimum atomic E-state index is -0.0288. The molecule has 90 valence electrons. The van der Waals surface area contributed by atoms with E-state index < -0.39 is 0 Å². The lowest BCUT2D eigenvalue weighted by Crippen LogP contribution is -2.20. The largest absolute Gasteiger partial charge is 0.369 e. The number of rotatable bonds is 3. The van der Waals surface area contributed by atoms with Crippen LogP contribution in [0.25, 0.3) is 11.2 Å². The highest BCUT2D eigenvalue weighted by Gasteiger charge is 2.10. The molecule has 2 heterocycles. The molecule has 17 heavy (non-hydrogen) atoms. The number of nitrogens with two attached hydrogens (primary N) is 1. The van der Waals surface area contributed by atoms with Crippen molar-refractivity contribution in [2.24, 2.45) is 0 Å². The first kappa shape index (κ1) is 11.4. The number of anilines is 1. The number of amides is 1. The van der Waals surface area contributed by atoms with Gasteiger partial charge in [-0.05, 0) is 19.1 Å². The van der Waals surface area contributed by atoms with Gasteiger partial charge in [-0.3, -0.25) is 9.36 Å². The van der Waals surface area contributed by atoms with Crippen LogP contribution in [0.2, 0.25) is 0 Å². The van der Waals surface area contributed by atoms with Gasteiger partial charge in [-0.1, -0.05) is 0 Å². The number of imidazole rings is 1. The molecule has 0 aliphatic rings. The van der Waals surface area contributed by atoms with Gasteiger partial charge in [-0.2, -0.15) is 0 Å². The number of nitrogens with zero attached hydrogens (tertiary/aromatic N) is 3. The van der Waals surface area contributed by atoms with E-state index in [1.165, 1.54) is 0 Å². The van der Waals surface area contributed by atoms with Crippen LogP contribution in [0, 0.1) is 6.92 Å². The molecular weight excluding hydrogens is 218 g/mol. The first-order valence-electron chi connectivity index (χ1n) is 5.41. The zero-order valence-electron chi connectivity index (χ0n) is 9.90. The number of hydrogen-bond acceptors (Lipinski definition) is 4. The van der Waals surface area contributed by atoms with Gasteiger partial charge in [0.15, 0.2) is 5.65 Å². The van der Waals surface area contributed by atoms with Crippen molar-refractivity contribution in [1.82, 2.24) is 19.9 Å². The number of pyridine rings is 1. The Kier molecular flexibility index (Phi) is 2.95. The third kappa shape index (κ3) is 2.20. The van der Waals surface area contributed by atoms with Gasteiger partial charge in [0.05, 0.1) is 0 Å². The molecule has 0 bridgehead atoms. The fraction of sp³-hybridized carbons (Fsp3) is 0.364. The molecule has 6 heteroatoms. The van der Waals surface area contributed by atoms with E-state index in [2.05, 4.69) is 15.3 Å². The second-order valence-corrected chi connectivity index (χ2v) is 3.84. The summed E-state index contributed by atoms with van der Waals surface area (Å²) in [5, 5.41) is 2.57. The molecule has 0 radical (unpaired) electrons. The van der Waals surface area contributed by atoms with Crippen LogP contribution in [0.4, 0.5) is 5.95 Å². The number of carbonyl (C=O) groups excluding carboxylic acids is 1. The number of nitrogen functional groups attached to an aromatic ring is 1. The van der Waals surface area contributed by atoms with Crippen LogP contribution >= 0.6 is 0 Å². The van der Waals surface area contributed by atoms with E-state index in [0.29, 0.717) is 18.9 Å². The third-order valence-corrected chi connectivity index (χ3v) is 2.60. The summed E-state index contributed by atoms with van der Waals surface area (Å²) in [7, 11) is 1.61. The topological polar surface area (TPSA) is 85.8 Å². The van der Waals surface area contributed by atoms with Crippen molar-refractivity contribution in [3.8, 4) is 0 Å². The van der Waals surface area contributed by atoms with Crippen molar-refractivity contribution in [3.63, 3.8) is 0 Å². The number of nitrogens with one attached hydrogen (secondary N) is 1. The normalized spacial score (nSPS) is 10.7. The summed E-state index contributed by atoms with van der Waals surface area (Å²) in [4.78, 5) is 19.8. The van der Waals surface area contributed by atoms with Crippen molar-refractivity contribution in [1.29, 1.82) is 0 Å². The quantitative estimate of drug-likeness (QED) is 0.806. The molecule has 0 saturated heterocycles. The van der Waals surface area contributed by atoms with Gasteiger partial charge in [0.2, 0.25) is 11.9 Å². The van der Waals surface area contributed by atoms with Gasteiger partial charge in [-0.15, -0.1) is 0 Å². The van der Waals surface area contributed by atoms with Crippen LogP contribution in [0.5, 0.6) is 0 Å². The SMILES string of the molecule is CNC(=O)CCn1c(N)nc2ccc(C)nc21. The molecule has 1 amide bonds. The molecule has 0 spiro atoms. The van der Waals surface area contributed by atoms with Crippen LogP contribution in [0.15, 0.2) is 12.1 Å². The lowest BCUT2D eigenvalue weighted by Gasteiger charge is -2.05. The number of hydrogen-bond donors (Lipinski definition) is 2. The molecule has 2 rings (SSSR count). The van der Waals surface area contributed by atoms with Gasteiger partial charge in [0.1, 0.15) is 5.52 Å². The van der Waals surface area contributed by atoms with Gasteiger partial charge in [0, 0.05) is 25.7 Å². The maximum absolute atomic E-state index is 11.2. The zero-order valence-corrected chi connectivity index (χ0v) is 9.90. The molecule has 0 aliphatic heterocycles. The van der Waals surface area contributed by atoms with Crippen LogP contribution < -0.4 is 11.1 Å². The van der Waals surface area contributed by atoms with Crippen LogP contribution in [0.3, 0.4) is 0 Å². The summed E-state index contributed by atoms with van der Waals surface area (Å²) in [6, 6.07) is 3.77. The second-order valence-electron chi connectivity index (χ2n) is 3.84. The molecule has 0 unspecified atom stereocenters. The third-order valence-electron chi connectivity index (χ3n) is 2.60. The maximum atomic E-state index is 11.2. The molecule has 2 aromatic heterocycles. The van der Waals surface area contributed by atoms with Gasteiger partial charge in [-0.25, -0.2) is 9.97 Å². The van der Waals surface area contributed by atoms with Crippen molar-refractivity contribution < 1.29 is 4.79 Å². The van der Waals surface area contributed by atoms with Crippen LogP contribution in [-0.4, -0.2) is 27.5 Å². The minimum Gasteiger partial charge on any atom is -0.369 e. The average Bonchev–Trinajstić information content (AvgIpc) is 2.61. The second kappa shape index (κ2) is 4.40. The monoisotopic (exact) mass is 233 g/mol. The van der Waals surface area contributed by atoms with E-state index in [1.807, 2.05) is 19.1 Å². The Hall–Kier alpha value is -2.11. The maximum Gasteiger partial charge on any atom is 0.221 e. The Balaban J connectivity index is 2.35. The molecule has 0 aromatic carbocycles. The highest BCUT2D eigenvalue weighted by molar-refractivity contribution is 5.77. The zero-order chi connectivity index (χ0) is 12.4. The summed E-state index contributed by atoms with van der Waals surface area (Å²) >= 11 is 0. The molecule has 6 nitrogen and oxygen atoms in total. The number of aromatic nitrogens is 3. The summed E-state index contributed by atoms with van der Waals surface area (Å²) in [6.07, 6.45) is 0.363. The van der Waals surface area contributed by atoms with Gasteiger partial charge < -0.3 is 11.1 Å². The lowest BCUT2D eigenvalue weighted by atomic mass is 10.3. The highest BCUT2D eigenvalue weighted by Crippen LogP contribution is 2.16. The molecule has 0 atom stereocenters. The predicted octanol–water partition coefficient (Wildman–Crippen LogP) is 0.458. The van der Waals surface area contributed by atoms with E-state index >= 15 is 0 Å². The first-order valence-corrected chi connectivity index (χ1v) is 5.41. The number of aryl methyl sites for hydroxylation is 2. The fourth-order valence-corrected chi connectivity index (χ4v) is 1.67. The van der Waals surface area contributed by atoms with Crippen LogP contribution in [0.1, 0.15) is 12.1 Å². The van der Waals surface area contributed by atoms with Crippen molar-refractivity contribution >= 4 is 23.0 Å². The predicted molar refractivity (Wildman–Crippen MR) is 65.4 cm³/mol. The fourth-order valence-electron chi connectivity index (χ4n) is 1.67. The summed E-state index contributed by atoms with van der Waals surface area (Å²) in [5.74, 6) is 0.362. The number of carbonyl (C=O) groups is 1. The molecule has 0 aliphatic carbocycles. The van der Waals surface area contributed by atoms with E-state index in [-0.39, 0.29) is 5.91 Å². The Morgan fingerprint density at radius 3 is 2.94 bits per heavy atom. The molecule has 0 fully saturated rings. The van der Waals surface area contributed by atoms with Crippen molar-refractivity contribution in [2.45, 2.75) is 19.9 Å². The summed E-state index contributed by atoms with van der Waals surface area (Å²) in [6.45, 7) is 2.39. The molecular formula is C11H15N5O. The molecule has 0 saturated carbocycles. The van der Waals surface area contributed by atoms with Gasteiger partial charge in [0.25, 0.3) is 0 Å². The molecule has 3 N–H and O–H groups in total. The highest BCUT2D eigenvalue weighted by atomic mass is 16.1. The van der Waals surface area contributed by atoms with E-state index in [0.717, 1.165) is 16.9 Å². The number of fused-ring (bicyclic) bond motifs is 1. The van der Waals surface area contributed by atoms with Crippen LogP contribution in [-0.2, 0) is 11.3 Å². The Labute approximate surface area is 98.8 Å². The van der Waals surface area contributed by atoms with Crippen molar-refractivity contribution in [3.05, 3.63) is 17.8 Å². The first-order chi connectivity index (χ1) is 8.11. The summed E-state index contributed by atoms with van der Waals surface area (Å²) < 4.78 is 1.76. The standard InChI is InChI=1S/C11H15N5O/c1-7-3-4-8-10(14-7)16(11(12)15-8)6-5-9(17)13-2/h3-4H,5-6H2,1-2H3,(H2,12,15)(H,13,17). The minimum absolute atomic E-state index is 0.0288. The Bertz CT molecular complexity index is 560. The Morgan fingerprint density at radius 2 is 2.24 bits per heavy atom. The average molecular weight is 233 g/mol. The van der Waals surface area contributed by atoms with E-state index in [1.54, 1.807) is 11.6 Å². The van der Waals surface area contributed by atoms with E-state index in [9.17, 15) is 4.79 Å². The molecule has 2 aromatic rings. The van der Waals surface area contributed by atoms with Crippen molar-refractivity contribution in [2.75, 3.05) is 12.8 Å². The lowest BCUT2D eigenvalue weighted by molar-refractivity contribution is -0.120.